The van der Waals surface area contributed by atoms with Crippen LogP contribution in [-0.2, 0) is 13.1 Å². The number of ether oxygens (including phenoxy) is 3. The largest absolute Gasteiger partial charge is 0.497 e. The van der Waals surface area contributed by atoms with Gasteiger partial charge in [0.15, 0.2) is 11.5 Å². The van der Waals surface area contributed by atoms with E-state index in [9.17, 15) is 14.4 Å². The molecule has 9 heteroatoms. The molecule has 3 aromatic carbocycles. The monoisotopic (exact) mass is 545 g/mol. The van der Waals surface area contributed by atoms with Crippen LogP contribution in [0.15, 0.2) is 70.3 Å². The summed E-state index contributed by atoms with van der Waals surface area (Å²) in [5.41, 5.74) is 1.58. The van der Waals surface area contributed by atoms with Crippen LogP contribution in [-0.4, -0.2) is 42.9 Å². The van der Waals surface area contributed by atoms with Crippen LogP contribution in [0.25, 0.3) is 10.9 Å². The molecule has 0 spiro atoms. The van der Waals surface area contributed by atoms with Gasteiger partial charge in [0, 0.05) is 18.2 Å². The number of fused-ring (bicyclic) bond motifs is 1. The molecule has 0 saturated carbocycles. The van der Waals surface area contributed by atoms with Crippen molar-refractivity contribution in [3.8, 4) is 17.2 Å². The lowest BCUT2D eigenvalue weighted by atomic mass is 10.1. The molecule has 4 aromatic rings. The minimum Gasteiger partial charge on any atom is -0.497 e. The summed E-state index contributed by atoms with van der Waals surface area (Å²) < 4.78 is 19.0. The summed E-state index contributed by atoms with van der Waals surface area (Å²) in [6.45, 7) is 5.05. The number of hydrogen-bond donors (Lipinski definition) is 1. The molecule has 1 amide bonds. The van der Waals surface area contributed by atoms with E-state index in [1.165, 1.54) is 18.8 Å². The summed E-state index contributed by atoms with van der Waals surface area (Å²) in [7, 11) is 4.58. The van der Waals surface area contributed by atoms with E-state index >= 15 is 0 Å². The molecule has 0 aliphatic rings. The molecule has 9 nitrogen and oxygen atoms in total. The number of carbonyl (C=O) groups excluding carboxylic acids is 1. The maximum atomic E-state index is 13.8. The normalized spacial score (nSPS) is 11.1. The van der Waals surface area contributed by atoms with Crippen LogP contribution < -0.4 is 30.8 Å². The highest BCUT2D eigenvalue weighted by molar-refractivity contribution is 5.94. The van der Waals surface area contributed by atoms with E-state index in [2.05, 4.69) is 19.2 Å². The van der Waals surface area contributed by atoms with E-state index in [1.54, 1.807) is 48.1 Å². The minimum atomic E-state index is -0.469. The van der Waals surface area contributed by atoms with Crippen molar-refractivity contribution in [1.29, 1.82) is 0 Å². The van der Waals surface area contributed by atoms with Gasteiger partial charge in [0.05, 0.1) is 45.3 Å². The molecule has 1 N–H and O–H groups in total. The molecule has 4 rings (SSSR count). The summed E-state index contributed by atoms with van der Waals surface area (Å²) in [6.07, 6.45) is 0.896. The van der Waals surface area contributed by atoms with Crippen LogP contribution >= 0.6 is 0 Å². The summed E-state index contributed by atoms with van der Waals surface area (Å²) in [5.74, 6) is 1.80. The van der Waals surface area contributed by atoms with Crippen molar-refractivity contribution in [3.63, 3.8) is 0 Å². The lowest BCUT2D eigenvalue weighted by Crippen LogP contribution is -2.40. The van der Waals surface area contributed by atoms with Gasteiger partial charge in [-0.25, -0.2) is 4.79 Å². The zero-order valence-electron chi connectivity index (χ0n) is 23.5. The van der Waals surface area contributed by atoms with E-state index < -0.39 is 11.2 Å². The smallest absolute Gasteiger partial charge is 0.332 e. The molecule has 40 heavy (non-hydrogen) atoms. The van der Waals surface area contributed by atoms with Crippen LogP contribution in [0.2, 0.25) is 0 Å². The Morgan fingerprint density at radius 1 is 0.825 bits per heavy atom. The second-order valence-electron chi connectivity index (χ2n) is 9.97. The molecule has 0 saturated heterocycles. The number of rotatable bonds is 11. The second kappa shape index (κ2) is 12.5. The average molecular weight is 546 g/mol. The van der Waals surface area contributed by atoms with E-state index in [-0.39, 0.29) is 19.0 Å². The quantitative estimate of drug-likeness (QED) is 0.305. The highest BCUT2D eigenvalue weighted by Crippen LogP contribution is 2.30. The van der Waals surface area contributed by atoms with Crippen molar-refractivity contribution >= 4 is 16.8 Å². The maximum Gasteiger partial charge on any atom is 0.332 e. The molecule has 0 aliphatic carbocycles. The van der Waals surface area contributed by atoms with Gasteiger partial charge in [0.1, 0.15) is 5.75 Å². The zero-order chi connectivity index (χ0) is 28.8. The van der Waals surface area contributed by atoms with Crippen molar-refractivity contribution in [2.75, 3.05) is 27.9 Å². The molecular weight excluding hydrogens is 510 g/mol. The van der Waals surface area contributed by atoms with Crippen LogP contribution in [0.5, 0.6) is 17.2 Å². The predicted octanol–water partition coefficient (Wildman–Crippen LogP) is 4.06. The van der Waals surface area contributed by atoms with Gasteiger partial charge >= 0.3 is 5.69 Å². The number of hydrogen-bond acceptors (Lipinski definition) is 6. The molecule has 1 aromatic heterocycles. The fraction of sp³-hybridized carbons (Fsp3) is 0.323. The number of methoxy groups -OCH3 is 3. The van der Waals surface area contributed by atoms with Crippen LogP contribution in [0, 0.1) is 5.92 Å². The first-order valence-corrected chi connectivity index (χ1v) is 13.1. The van der Waals surface area contributed by atoms with Crippen molar-refractivity contribution in [1.82, 2.24) is 14.5 Å². The Bertz CT molecular complexity index is 1620. The fourth-order valence-corrected chi connectivity index (χ4v) is 4.51. The van der Waals surface area contributed by atoms with Gasteiger partial charge in [-0.15, -0.1) is 0 Å². The number of amides is 1. The first-order chi connectivity index (χ1) is 19.2. The van der Waals surface area contributed by atoms with Gasteiger partial charge in [-0.05, 0) is 53.8 Å². The molecule has 0 unspecified atom stereocenters. The summed E-state index contributed by atoms with van der Waals surface area (Å²) in [6, 6.07) is 17.6. The highest BCUT2D eigenvalue weighted by atomic mass is 16.5. The third-order valence-electron chi connectivity index (χ3n) is 6.77. The SMILES string of the molecule is COc1cccc(Cn2c(=O)n(Cc3ccc(C(=O)NCCC(C)C)cc3)c(=O)c3cc(OC)c(OC)cc32)c1. The lowest BCUT2D eigenvalue weighted by Gasteiger charge is -2.17. The number of carbonyl (C=O) groups is 1. The molecule has 210 valence electrons. The summed E-state index contributed by atoms with van der Waals surface area (Å²) in [5, 5.41) is 3.24. The minimum absolute atomic E-state index is 0.0370. The van der Waals surface area contributed by atoms with Crippen molar-refractivity contribution in [2.24, 2.45) is 5.92 Å². The van der Waals surface area contributed by atoms with Gasteiger partial charge in [-0.3, -0.25) is 18.7 Å². The van der Waals surface area contributed by atoms with Crippen molar-refractivity contribution < 1.29 is 19.0 Å². The molecule has 0 atom stereocenters. The van der Waals surface area contributed by atoms with E-state index in [0.29, 0.717) is 51.7 Å². The fourth-order valence-electron chi connectivity index (χ4n) is 4.51. The van der Waals surface area contributed by atoms with Gasteiger partial charge in [0.25, 0.3) is 11.5 Å². The summed E-state index contributed by atoms with van der Waals surface area (Å²) >= 11 is 0. The van der Waals surface area contributed by atoms with Crippen LogP contribution in [0.3, 0.4) is 0 Å². The molecule has 0 fully saturated rings. The topological polar surface area (TPSA) is 101 Å². The van der Waals surface area contributed by atoms with Crippen LogP contribution in [0.1, 0.15) is 41.8 Å². The molecular formula is C31H35N3O6. The summed E-state index contributed by atoms with van der Waals surface area (Å²) in [4.78, 5) is 39.9. The van der Waals surface area contributed by atoms with E-state index in [1.807, 2.05) is 24.3 Å². The Morgan fingerprint density at radius 3 is 2.15 bits per heavy atom. The molecule has 0 radical (unpaired) electrons. The van der Waals surface area contributed by atoms with Gasteiger partial charge in [-0.2, -0.15) is 0 Å². The van der Waals surface area contributed by atoms with Crippen molar-refractivity contribution in [3.05, 3.63) is 98.2 Å². The number of aromatic nitrogens is 2. The second-order valence-corrected chi connectivity index (χ2v) is 9.97. The number of benzene rings is 3. The van der Waals surface area contributed by atoms with Crippen molar-refractivity contribution in [2.45, 2.75) is 33.4 Å². The number of nitrogens with one attached hydrogen (secondary N) is 1. The predicted molar refractivity (Wildman–Crippen MR) is 155 cm³/mol. The Labute approximate surface area is 232 Å². The first-order valence-electron chi connectivity index (χ1n) is 13.1. The Kier molecular flexibility index (Phi) is 8.93. The standard InChI is InChI=1S/C31H35N3O6/c1-20(2)13-14-32-29(35)23-11-9-21(10-12-23)18-34-30(36)25-16-27(39-4)28(40-5)17-26(25)33(31(34)37)19-22-7-6-8-24(15-22)38-3/h6-12,15-17,20H,13-14,18-19H2,1-5H3,(H,32,35). The average Bonchev–Trinajstić information content (AvgIpc) is 2.96. The van der Waals surface area contributed by atoms with E-state index in [4.69, 9.17) is 14.2 Å². The Balaban J connectivity index is 1.76. The van der Waals surface area contributed by atoms with Gasteiger partial charge in [-0.1, -0.05) is 38.1 Å². The van der Waals surface area contributed by atoms with E-state index in [0.717, 1.165) is 12.0 Å². The molecule has 0 bridgehead atoms. The first kappa shape index (κ1) is 28.5. The van der Waals surface area contributed by atoms with Crippen LogP contribution in [0.4, 0.5) is 0 Å². The molecule has 0 aliphatic heterocycles. The molecule has 1 heterocycles. The maximum absolute atomic E-state index is 13.8. The zero-order valence-corrected chi connectivity index (χ0v) is 23.5. The Morgan fingerprint density at radius 2 is 1.50 bits per heavy atom. The number of nitrogens with zero attached hydrogens (tertiary/aromatic N) is 2. The Hall–Kier alpha value is -4.53. The third-order valence-corrected chi connectivity index (χ3v) is 6.77. The van der Waals surface area contributed by atoms with Gasteiger partial charge < -0.3 is 19.5 Å². The van der Waals surface area contributed by atoms with Gasteiger partial charge in [0.2, 0.25) is 0 Å². The lowest BCUT2D eigenvalue weighted by molar-refractivity contribution is 0.0952. The highest BCUT2D eigenvalue weighted by Gasteiger charge is 2.18. The third kappa shape index (κ3) is 6.20.